The van der Waals surface area contributed by atoms with Gasteiger partial charge in [-0.1, -0.05) is 13.3 Å². The number of aromatic nitrogens is 4. The van der Waals surface area contributed by atoms with E-state index in [1.807, 2.05) is 29.5 Å². The number of imidazole rings is 1. The number of nitrogens with zero attached hydrogens (tertiary/aromatic N) is 4. The Labute approximate surface area is 188 Å². The van der Waals surface area contributed by atoms with Crippen molar-refractivity contribution in [2.24, 2.45) is 11.8 Å². The number of ether oxygens (including phenoxy) is 1. The van der Waals surface area contributed by atoms with Gasteiger partial charge in [0.2, 0.25) is 0 Å². The maximum absolute atomic E-state index is 13.3. The maximum atomic E-state index is 13.3. The SMILES string of the molecule is CCCCO[C@@H]1CC2CC[C@H](C1)[C@@H]2NC(=O)c1ncn2c(C)cc(-c3cccnc3)nc12. The molecular weight excluding hydrogens is 402 g/mol. The van der Waals surface area contributed by atoms with Crippen molar-refractivity contribution in [2.45, 2.75) is 64.5 Å². The van der Waals surface area contributed by atoms with Crippen molar-refractivity contribution >= 4 is 11.6 Å². The maximum Gasteiger partial charge on any atom is 0.274 e. The first kappa shape index (κ1) is 21.1. The van der Waals surface area contributed by atoms with Gasteiger partial charge in [-0.05, 0) is 69.1 Å². The predicted molar refractivity (Wildman–Crippen MR) is 122 cm³/mol. The Bertz CT molecular complexity index is 1080. The topological polar surface area (TPSA) is 81.4 Å². The number of hydrogen-bond acceptors (Lipinski definition) is 5. The number of carbonyl (C=O) groups is 1. The molecule has 3 aromatic rings. The van der Waals surface area contributed by atoms with E-state index in [-0.39, 0.29) is 11.9 Å². The van der Waals surface area contributed by atoms with E-state index in [9.17, 15) is 4.79 Å². The Morgan fingerprint density at radius 1 is 1.28 bits per heavy atom. The van der Waals surface area contributed by atoms with Gasteiger partial charge in [0, 0.05) is 36.3 Å². The highest BCUT2D eigenvalue weighted by Crippen LogP contribution is 2.43. The highest BCUT2D eigenvalue weighted by atomic mass is 16.5. The third-order valence-corrected chi connectivity index (χ3v) is 7.07. The molecule has 0 spiro atoms. The molecule has 32 heavy (non-hydrogen) atoms. The van der Waals surface area contributed by atoms with Crippen LogP contribution in [-0.4, -0.2) is 44.0 Å². The minimum Gasteiger partial charge on any atom is -0.378 e. The molecule has 2 fully saturated rings. The van der Waals surface area contributed by atoms with Crippen molar-refractivity contribution in [3.63, 3.8) is 0 Å². The fourth-order valence-electron chi connectivity index (χ4n) is 5.40. The fourth-order valence-corrected chi connectivity index (χ4v) is 5.40. The second kappa shape index (κ2) is 8.98. The average Bonchev–Trinajstić information content (AvgIpc) is 3.33. The lowest BCUT2D eigenvalue weighted by Crippen LogP contribution is -2.46. The van der Waals surface area contributed by atoms with Crippen molar-refractivity contribution in [3.8, 4) is 11.3 Å². The minimum atomic E-state index is -0.130. The van der Waals surface area contributed by atoms with Crippen LogP contribution in [0.1, 0.15) is 61.6 Å². The van der Waals surface area contributed by atoms with Gasteiger partial charge in [0.1, 0.15) is 6.33 Å². The molecule has 168 valence electrons. The van der Waals surface area contributed by atoms with Crippen LogP contribution in [0.25, 0.3) is 16.9 Å². The van der Waals surface area contributed by atoms with E-state index in [0.717, 1.165) is 62.1 Å². The predicted octanol–water partition coefficient (Wildman–Crippen LogP) is 4.20. The van der Waals surface area contributed by atoms with Crippen LogP contribution >= 0.6 is 0 Å². The smallest absolute Gasteiger partial charge is 0.274 e. The van der Waals surface area contributed by atoms with Crippen LogP contribution < -0.4 is 5.32 Å². The first-order valence-corrected chi connectivity index (χ1v) is 11.8. The number of carbonyl (C=O) groups excluding carboxylic acids is 1. The molecule has 3 heterocycles. The van der Waals surface area contributed by atoms with Crippen LogP contribution in [-0.2, 0) is 4.74 Å². The van der Waals surface area contributed by atoms with Crippen molar-refractivity contribution in [2.75, 3.05) is 6.61 Å². The van der Waals surface area contributed by atoms with Gasteiger partial charge in [-0.15, -0.1) is 0 Å². The van der Waals surface area contributed by atoms with Crippen molar-refractivity contribution < 1.29 is 9.53 Å². The van der Waals surface area contributed by atoms with Gasteiger partial charge in [0.15, 0.2) is 11.3 Å². The monoisotopic (exact) mass is 433 g/mol. The second-order valence-corrected chi connectivity index (χ2v) is 9.23. The number of amides is 1. The van der Waals surface area contributed by atoms with Gasteiger partial charge < -0.3 is 10.1 Å². The molecule has 2 saturated carbocycles. The third-order valence-electron chi connectivity index (χ3n) is 7.07. The molecule has 1 amide bonds. The third kappa shape index (κ3) is 4.01. The number of rotatable bonds is 7. The Morgan fingerprint density at radius 2 is 2.09 bits per heavy atom. The van der Waals surface area contributed by atoms with E-state index in [1.165, 1.54) is 0 Å². The van der Waals surface area contributed by atoms with Gasteiger partial charge in [0.05, 0.1) is 11.8 Å². The zero-order chi connectivity index (χ0) is 22.1. The van der Waals surface area contributed by atoms with Crippen molar-refractivity contribution in [1.82, 2.24) is 24.7 Å². The molecule has 1 N–H and O–H groups in total. The largest absolute Gasteiger partial charge is 0.378 e. The first-order chi connectivity index (χ1) is 15.6. The summed E-state index contributed by atoms with van der Waals surface area (Å²) in [6, 6.07) is 6.06. The van der Waals surface area contributed by atoms with E-state index in [2.05, 4.69) is 22.2 Å². The summed E-state index contributed by atoms with van der Waals surface area (Å²) in [5.74, 6) is 0.840. The Kier molecular flexibility index (Phi) is 5.91. The Balaban J connectivity index is 1.34. The van der Waals surface area contributed by atoms with Gasteiger partial charge in [-0.25, -0.2) is 9.97 Å². The van der Waals surface area contributed by atoms with E-state index < -0.39 is 0 Å². The van der Waals surface area contributed by atoms with Crippen LogP contribution in [0.5, 0.6) is 0 Å². The molecule has 0 aromatic carbocycles. The summed E-state index contributed by atoms with van der Waals surface area (Å²) in [4.78, 5) is 26.7. The quantitative estimate of drug-likeness (QED) is 0.565. The van der Waals surface area contributed by atoms with Crippen LogP contribution in [0.15, 0.2) is 36.9 Å². The molecule has 0 aliphatic heterocycles. The summed E-state index contributed by atoms with van der Waals surface area (Å²) in [6.45, 7) is 5.04. The number of unbranched alkanes of at least 4 members (excludes halogenated alkanes) is 1. The zero-order valence-corrected chi connectivity index (χ0v) is 18.8. The van der Waals surface area contributed by atoms with Gasteiger partial charge >= 0.3 is 0 Å². The fraction of sp³-hybridized carbons (Fsp3) is 0.520. The normalized spacial score (nSPS) is 24.7. The highest BCUT2D eigenvalue weighted by molar-refractivity contribution is 5.98. The van der Waals surface area contributed by atoms with Crippen LogP contribution in [0.2, 0.25) is 0 Å². The molecule has 3 aromatic heterocycles. The lowest BCUT2D eigenvalue weighted by molar-refractivity contribution is -0.00121. The number of aryl methyl sites for hydroxylation is 1. The molecule has 2 aliphatic carbocycles. The van der Waals surface area contributed by atoms with E-state index in [4.69, 9.17) is 9.72 Å². The van der Waals surface area contributed by atoms with E-state index in [0.29, 0.717) is 29.3 Å². The minimum absolute atomic E-state index is 0.130. The van der Waals surface area contributed by atoms with Gasteiger partial charge in [-0.3, -0.25) is 14.2 Å². The molecule has 4 atom stereocenters. The molecule has 2 aliphatic rings. The lowest BCUT2D eigenvalue weighted by Gasteiger charge is -2.35. The van der Waals surface area contributed by atoms with E-state index in [1.54, 1.807) is 18.7 Å². The Hall–Kier alpha value is -2.80. The average molecular weight is 434 g/mol. The highest BCUT2D eigenvalue weighted by Gasteiger charge is 2.44. The van der Waals surface area contributed by atoms with Crippen LogP contribution in [0.4, 0.5) is 0 Å². The lowest BCUT2D eigenvalue weighted by atomic mass is 9.82. The summed E-state index contributed by atoms with van der Waals surface area (Å²) >= 11 is 0. The standard InChI is InChI=1S/C25H31N5O2/c1-3-4-10-32-20-12-17-7-8-18(13-20)22(17)29-25(31)23-24-28-21(19-6-5-9-26-14-19)11-16(2)30(24)15-27-23/h5-6,9,11,14-15,17-18,20,22H,3-4,7-8,10,12-13H2,1-2H3,(H,29,31)/t17-,18?,20+,22+/m1/s1. The molecule has 7 nitrogen and oxygen atoms in total. The number of fused-ring (bicyclic) bond motifs is 3. The molecule has 0 radical (unpaired) electrons. The summed E-state index contributed by atoms with van der Waals surface area (Å²) in [7, 11) is 0. The molecule has 5 rings (SSSR count). The van der Waals surface area contributed by atoms with E-state index >= 15 is 0 Å². The number of hydrogen-bond donors (Lipinski definition) is 1. The Morgan fingerprint density at radius 3 is 2.81 bits per heavy atom. The summed E-state index contributed by atoms with van der Waals surface area (Å²) in [5, 5.41) is 3.32. The van der Waals surface area contributed by atoms with Gasteiger partial charge in [-0.2, -0.15) is 0 Å². The molecule has 7 heteroatoms. The van der Waals surface area contributed by atoms with Crippen LogP contribution in [0.3, 0.4) is 0 Å². The molecule has 1 unspecified atom stereocenters. The first-order valence-electron chi connectivity index (χ1n) is 11.8. The molecule has 2 bridgehead atoms. The summed E-state index contributed by atoms with van der Waals surface area (Å²) in [5.41, 5.74) is 3.67. The summed E-state index contributed by atoms with van der Waals surface area (Å²) in [6.07, 6.45) is 12.2. The summed E-state index contributed by atoms with van der Waals surface area (Å²) < 4.78 is 7.99. The van der Waals surface area contributed by atoms with Crippen LogP contribution in [0, 0.1) is 18.8 Å². The molecule has 0 saturated heterocycles. The van der Waals surface area contributed by atoms with Crippen molar-refractivity contribution in [1.29, 1.82) is 0 Å². The van der Waals surface area contributed by atoms with Gasteiger partial charge in [0.25, 0.3) is 5.91 Å². The molecular formula is C25H31N5O2. The van der Waals surface area contributed by atoms with Crippen molar-refractivity contribution in [3.05, 3.63) is 48.3 Å². The number of nitrogens with one attached hydrogen (secondary N) is 1. The zero-order valence-electron chi connectivity index (χ0n) is 18.8. The number of pyridine rings is 1. The second-order valence-electron chi connectivity index (χ2n) is 9.23.